The molecule has 0 saturated carbocycles. The summed E-state index contributed by atoms with van der Waals surface area (Å²) >= 11 is 0. The van der Waals surface area contributed by atoms with Crippen LogP contribution in [0.25, 0.3) is 0 Å². The van der Waals surface area contributed by atoms with E-state index in [2.05, 4.69) is 15.6 Å². The average Bonchev–Trinajstić information content (AvgIpc) is 2.50. The predicted molar refractivity (Wildman–Crippen MR) is 85.9 cm³/mol. The third-order valence-electron chi connectivity index (χ3n) is 2.90. The third kappa shape index (κ3) is 4.12. The average molecular weight is 301 g/mol. The van der Waals surface area contributed by atoms with E-state index in [4.69, 9.17) is 9.47 Å². The van der Waals surface area contributed by atoms with E-state index in [9.17, 15) is 4.79 Å². The Bertz CT molecular complexity index is 642. The first-order chi connectivity index (χ1) is 10.6. The Morgan fingerprint density at radius 2 is 2.09 bits per heavy atom. The molecule has 6 nitrogen and oxygen atoms in total. The number of hydrogen-bond acceptors (Lipinski definition) is 5. The number of carbonyl (C=O) groups is 1. The van der Waals surface area contributed by atoms with E-state index in [1.54, 1.807) is 32.4 Å². The molecular formula is C16H19N3O3. The van der Waals surface area contributed by atoms with E-state index in [1.165, 1.54) is 0 Å². The van der Waals surface area contributed by atoms with Gasteiger partial charge < -0.3 is 14.8 Å². The first kappa shape index (κ1) is 15.6. The van der Waals surface area contributed by atoms with Crippen LogP contribution < -0.4 is 15.4 Å². The van der Waals surface area contributed by atoms with E-state index in [0.717, 1.165) is 17.0 Å². The van der Waals surface area contributed by atoms with Gasteiger partial charge in [-0.05, 0) is 43.7 Å². The predicted octanol–water partition coefficient (Wildman–Crippen LogP) is 3.71. The fourth-order valence-electron chi connectivity index (χ4n) is 1.88. The standard InChI is InChI=1S/C16H19N3O3/c1-4-22-16(20)18-12-6-8-15(17-10-12)19-13-9-11(2)5-7-14(13)21-3/h5-10H,4H2,1-3H3,(H,17,19)(H,18,20). The summed E-state index contributed by atoms with van der Waals surface area (Å²) in [5.74, 6) is 1.39. The minimum atomic E-state index is -0.495. The van der Waals surface area contributed by atoms with Crippen LogP contribution in [0.15, 0.2) is 36.5 Å². The summed E-state index contributed by atoms with van der Waals surface area (Å²) < 4.78 is 10.1. The van der Waals surface area contributed by atoms with Crippen molar-refractivity contribution in [1.82, 2.24) is 4.98 Å². The zero-order chi connectivity index (χ0) is 15.9. The molecule has 0 radical (unpaired) electrons. The van der Waals surface area contributed by atoms with E-state index in [-0.39, 0.29) is 0 Å². The number of carbonyl (C=O) groups excluding carboxylic acids is 1. The van der Waals surface area contributed by atoms with Crippen LogP contribution in [-0.4, -0.2) is 24.8 Å². The molecule has 0 aliphatic rings. The van der Waals surface area contributed by atoms with Gasteiger partial charge in [0.15, 0.2) is 0 Å². The zero-order valence-corrected chi connectivity index (χ0v) is 12.8. The molecule has 116 valence electrons. The minimum Gasteiger partial charge on any atom is -0.495 e. The van der Waals surface area contributed by atoms with Gasteiger partial charge in [0, 0.05) is 0 Å². The SMILES string of the molecule is CCOC(=O)Nc1ccc(Nc2cc(C)ccc2OC)nc1. The number of ether oxygens (including phenoxy) is 2. The Morgan fingerprint density at radius 1 is 1.27 bits per heavy atom. The highest BCUT2D eigenvalue weighted by molar-refractivity contribution is 5.84. The van der Waals surface area contributed by atoms with Gasteiger partial charge in [-0.3, -0.25) is 5.32 Å². The Balaban J connectivity index is 2.08. The number of benzene rings is 1. The smallest absolute Gasteiger partial charge is 0.411 e. The van der Waals surface area contributed by atoms with E-state index >= 15 is 0 Å². The summed E-state index contributed by atoms with van der Waals surface area (Å²) in [5.41, 5.74) is 2.52. The van der Waals surface area contributed by atoms with Crippen LogP contribution in [0.5, 0.6) is 5.75 Å². The number of aryl methyl sites for hydroxylation is 1. The van der Waals surface area contributed by atoms with Crippen LogP contribution in [0.1, 0.15) is 12.5 Å². The molecule has 0 fully saturated rings. The first-order valence-corrected chi connectivity index (χ1v) is 6.94. The fraction of sp³-hybridized carbons (Fsp3) is 0.250. The molecule has 1 amide bonds. The van der Waals surface area contributed by atoms with Gasteiger partial charge in [-0.2, -0.15) is 0 Å². The molecule has 22 heavy (non-hydrogen) atoms. The normalized spacial score (nSPS) is 9.95. The van der Waals surface area contributed by atoms with Gasteiger partial charge in [0.25, 0.3) is 0 Å². The maximum absolute atomic E-state index is 11.3. The van der Waals surface area contributed by atoms with Crippen molar-refractivity contribution in [3.05, 3.63) is 42.1 Å². The maximum Gasteiger partial charge on any atom is 0.411 e. The minimum absolute atomic E-state index is 0.325. The van der Waals surface area contributed by atoms with Crippen LogP contribution in [0.4, 0.5) is 22.0 Å². The summed E-state index contributed by atoms with van der Waals surface area (Å²) in [6.45, 7) is 4.08. The number of amides is 1. The summed E-state index contributed by atoms with van der Waals surface area (Å²) in [4.78, 5) is 15.6. The van der Waals surface area contributed by atoms with E-state index in [0.29, 0.717) is 18.1 Å². The molecule has 0 aliphatic heterocycles. The molecule has 2 N–H and O–H groups in total. The number of anilines is 3. The van der Waals surface area contributed by atoms with Gasteiger partial charge in [-0.1, -0.05) is 6.07 Å². The maximum atomic E-state index is 11.3. The number of aromatic nitrogens is 1. The lowest BCUT2D eigenvalue weighted by atomic mass is 10.2. The second kappa shape index (κ2) is 7.31. The lowest BCUT2D eigenvalue weighted by Gasteiger charge is -2.12. The highest BCUT2D eigenvalue weighted by Crippen LogP contribution is 2.28. The largest absolute Gasteiger partial charge is 0.495 e. The Morgan fingerprint density at radius 3 is 2.73 bits per heavy atom. The number of pyridine rings is 1. The first-order valence-electron chi connectivity index (χ1n) is 6.94. The second-order valence-corrected chi connectivity index (χ2v) is 4.61. The van der Waals surface area contributed by atoms with Crippen LogP contribution >= 0.6 is 0 Å². The van der Waals surface area contributed by atoms with Gasteiger partial charge in [0.2, 0.25) is 0 Å². The van der Waals surface area contributed by atoms with Gasteiger partial charge in [0.1, 0.15) is 11.6 Å². The van der Waals surface area contributed by atoms with Crippen LogP contribution in [0, 0.1) is 6.92 Å². The molecule has 2 aromatic rings. The lowest BCUT2D eigenvalue weighted by Crippen LogP contribution is -2.13. The molecule has 2 rings (SSSR count). The molecule has 1 heterocycles. The van der Waals surface area contributed by atoms with Gasteiger partial charge in [0.05, 0.1) is 31.3 Å². The molecule has 6 heteroatoms. The van der Waals surface area contributed by atoms with E-state index in [1.807, 2.05) is 25.1 Å². The van der Waals surface area contributed by atoms with Crippen molar-refractivity contribution in [1.29, 1.82) is 0 Å². The summed E-state index contributed by atoms with van der Waals surface area (Å²) in [6.07, 6.45) is 1.06. The molecule has 0 unspecified atom stereocenters. The van der Waals surface area contributed by atoms with E-state index < -0.39 is 6.09 Å². The molecule has 1 aromatic carbocycles. The van der Waals surface area contributed by atoms with Gasteiger partial charge >= 0.3 is 6.09 Å². The third-order valence-corrected chi connectivity index (χ3v) is 2.90. The highest BCUT2D eigenvalue weighted by atomic mass is 16.5. The van der Waals surface area contributed by atoms with Crippen molar-refractivity contribution >= 4 is 23.3 Å². The van der Waals surface area contributed by atoms with Crippen molar-refractivity contribution in [2.45, 2.75) is 13.8 Å². The lowest BCUT2D eigenvalue weighted by molar-refractivity contribution is 0.168. The van der Waals surface area contributed by atoms with Crippen LogP contribution in [-0.2, 0) is 4.74 Å². The summed E-state index contributed by atoms with van der Waals surface area (Å²) in [6, 6.07) is 9.36. The van der Waals surface area contributed by atoms with Crippen molar-refractivity contribution in [2.75, 3.05) is 24.4 Å². The van der Waals surface area contributed by atoms with Gasteiger partial charge in [-0.25, -0.2) is 9.78 Å². The molecular weight excluding hydrogens is 282 g/mol. The van der Waals surface area contributed by atoms with Crippen LogP contribution in [0.3, 0.4) is 0 Å². The number of rotatable bonds is 5. The summed E-state index contributed by atoms with van der Waals surface area (Å²) in [5, 5.41) is 5.78. The van der Waals surface area contributed by atoms with Crippen molar-refractivity contribution in [2.24, 2.45) is 0 Å². The second-order valence-electron chi connectivity index (χ2n) is 4.61. The molecule has 0 bridgehead atoms. The Kier molecular flexibility index (Phi) is 5.19. The Labute approximate surface area is 129 Å². The molecule has 0 saturated heterocycles. The van der Waals surface area contributed by atoms with Crippen molar-refractivity contribution in [3.63, 3.8) is 0 Å². The molecule has 1 aromatic heterocycles. The quantitative estimate of drug-likeness (QED) is 0.880. The summed E-state index contributed by atoms with van der Waals surface area (Å²) in [7, 11) is 1.62. The highest BCUT2D eigenvalue weighted by Gasteiger charge is 2.06. The fourth-order valence-corrected chi connectivity index (χ4v) is 1.88. The van der Waals surface area contributed by atoms with Crippen molar-refractivity contribution < 1.29 is 14.3 Å². The number of nitrogens with one attached hydrogen (secondary N) is 2. The Hall–Kier alpha value is -2.76. The van der Waals surface area contributed by atoms with Crippen LogP contribution in [0.2, 0.25) is 0 Å². The number of methoxy groups -OCH3 is 1. The monoisotopic (exact) mass is 301 g/mol. The molecule has 0 atom stereocenters. The van der Waals surface area contributed by atoms with Gasteiger partial charge in [-0.15, -0.1) is 0 Å². The number of nitrogens with zero attached hydrogens (tertiary/aromatic N) is 1. The van der Waals surface area contributed by atoms with Crippen molar-refractivity contribution in [3.8, 4) is 5.75 Å². The molecule has 0 aliphatic carbocycles. The molecule has 0 spiro atoms. The zero-order valence-electron chi connectivity index (χ0n) is 12.8. The number of hydrogen-bond donors (Lipinski definition) is 2. The topological polar surface area (TPSA) is 72.5 Å².